The molecule has 120 valence electrons. The number of nitrogens with one attached hydrogen (secondary N) is 1. The van der Waals surface area contributed by atoms with Gasteiger partial charge in [-0.25, -0.2) is 0 Å². The van der Waals surface area contributed by atoms with Gasteiger partial charge in [-0.1, -0.05) is 44.4 Å². The van der Waals surface area contributed by atoms with Crippen LogP contribution in [0.15, 0.2) is 0 Å². The van der Waals surface area contributed by atoms with Crippen LogP contribution in [0.3, 0.4) is 0 Å². The van der Waals surface area contributed by atoms with Crippen molar-refractivity contribution in [1.29, 1.82) is 0 Å². The topological polar surface area (TPSA) is 92.2 Å². The normalized spacial score (nSPS) is 27.4. The van der Waals surface area contributed by atoms with Gasteiger partial charge in [-0.2, -0.15) is 0 Å². The Kier molecular flexibility index (Phi) is 3.92. The third-order valence-corrected chi connectivity index (χ3v) is 6.00. The lowest BCUT2D eigenvalue weighted by Crippen LogP contribution is -2.17. The van der Waals surface area contributed by atoms with E-state index in [1.165, 1.54) is 30.6 Å². The number of amides is 1. The average Bonchev–Trinajstić information content (AvgIpc) is 2.82. The molecule has 2 aliphatic carbocycles. The van der Waals surface area contributed by atoms with Crippen molar-refractivity contribution in [2.24, 2.45) is 17.3 Å². The second-order valence-electron chi connectivity index (χ2n) is 6.88. The zero-order chi connectivity index (χ0) is 15.9. The van der Waals surface area contributed by atoms with Crippen LogP contribution in [0.25, 0.3) is 0 Å². The van der Waals surface area contributed by atoms with Crippen LogP contribution in [0.1, 0.15) is 56.9 Å². The van der Waals surface area contributed by atoms with E-state index in [0.717, 1.165) is 17.8 Å². The van der Waals surface area contributed by atoms with E-state index in [1.54, 1.807) is 0 Å². The largest absolute Gasteiger partial charge is 0.481 e. The van der Waals surface area contributed by atoms with Crippen molar-refractivity contribution < 1.29 is 14.7 Å². The Morgan fingerprint density at radius 1 is 1.18 bits per heavy atom. The summed E-state index contributed by atoms with van der Waals surface area (Å²) in [6, 6.07) is 0. The zero-order valence-corrected chi connectivity index (χ0v) is 13.7. The predicted molar refractivity (Wildman–Crippen MR) is 82.8 cm³/mol. The lowest BCUT2D eigenvalue weighted by atomic mass is 9.90. The van der Waals surface area contributed by atoms with Crippen molar-refractivity contribution in [2.45, 2.75) is 51.9 Å². The van der Waals surface area contributed by atoms with E-state index in [1.807, 2.05) is 13.8 Å². The zero-order valence-electron chi connectivity index (χ0n) is 12.8. The minimum Gasteiger partial charge on any atom is -0.481 e. The Morgan fingerprint density at radius 3 is 2.45 bits per heavy atom. The molecule has 7 heteroatoms. The van der Waals surface area contributed by atoms with E-state index < -0.39 is 23.2 Å². The number of hydrogen-bond donors (Lipinski definition) is 2. The Morgan fingerprint density at radius 2 is 1.86 bits per heavy atom. The SMILES string of the molecule is CC1(C)[C@H](C(=O)O)[C@H]1C(=O)Nc1nnc(C2CCCCC2)s1. The first kappa shape index (κ1) is 15.4. The van der Waals surface area contributed by atoms with Crippen LogP contribution >= 0.6 is 11.3 Å². The summed E-state index contributed by atoms with van der Waals surface area (Å²) >= 11 is 1.42. The van der Waals surface area contributed by atoms with Gasteiger partial charge in [-0.15, -0.1) is 10.2 Å². The molecule has 0 spiro atoms. The highest BCUT2D eigenvalue weighted by molar-refractivity contribution is 7.15. The Labute approximate surface area is 133 Å². The molecule has 0 aliphatic heterocycles. The van der Waals surface area contributed by atoms with Gasteiger partial charge >= 0.3 is 5.97 Å². The third-order valence-electron chi connectivity index (χ3n) is 5.00. The number of rotatable bonds is 4. The van der Waals surface area contributed by atoms with Crippen LogP contribution in [0.4, 0.5) is 5.13 Å². The van der Waals surface area contributed by atoms with Crippen molar-refractivity contribution in [3.63, 3.8) is 0 Å². The van der Waals surface area contributed by atoms with Gasteiger partial charge in [0.2, 0.25) is 11.0 Å². The van der Waals surface area contributed by atoms with Crippen molar-refractivity contribution in [2.75, 3.05) is 5.32 Å². The summed E-state index contributed by atoms with van der Waals surface area (Å²) in [6.45, 7) is 3.62. The quantitative estimate of drug-likeness (QED) is 0.889. The Hall–Kier alpha value is -1.50. The second kappa shape index (κ2) is 5.61. The molecule has 2 atom stereocenters. The molecular formula is C15H21N3O3S. The van der Waals surface area contributed by atoms with E-state index in [0.29, 0.717) is 11.0 Å². The lowest BCUT2D eigenvalue weighted by molar-refractivity contribution is -0.140. The number of aromatic nitrogens is 2. The van der Waals surface area contributed by atoms with Gasteiger partial charge in [-0.3, -0.25) is 9.59 Å². The summed E-state index contributed by atoms with van der Waals surface area (Å²) in [4.78, 5) is 23.4. The number of aliphatic carboxylic acids is 1. The van der Waals surface area contributed by atoms with Gasteiger partial charge in [0.05, 0.1) is 11.8 Å². The fourth-order valence-corrected chi connectivity index (χ4v) is 4.49. The first-order valence-electron chi connectivity index (χ1n) is 7.78. The molecule has 2 N–H and O–H groups in total. The molecule has 22 heavy (non-hydrogen) atoms. The maximum absolute atomic E-state index is 12.3. The second-order valence-corrected chi connectivity index (χ2v) is 7.89. The molecule has 0 saturated heterocycles. The van der Waals surface area contributed by atoms with Crippen molar-refractivity contribution in [1.82, 2.24) is 10.2 Å². The monoisotopic (exact) mass is 323 g/mol. The lowest BCUT2D eigenvalue weighted by Gasteiger charge is -2.18. The fourth-order valence-electron chi connectivity index (χ4n) is 3.57. The number of nitrogens with zero attached hydrogens (tertiary/aromatic N) is 2. The molecule has 0 aromatic carbocycles. The summed E-state index contributed by atoms with van der Waals surface area (Å²) in [5, 5.41) is 21.6. The Bertz CT molecular complexity index is 593. The molecule has 2 fully saturated rings. The first-order chi connectivity index (χ1) is 10.4. The average molecular weight is 323 g/mol. The number of hydrogen-bond acceptors (Lipinski definition) is 5. The summed E-state index contributed by atoms with van der Waals surface area (Å²) in [6.07, 6.45) is 6.01. The molecule has 1 aromatic rings. The van der Waals surface area contributed by atoms with Gasteiger partial charge in [-0.05, 0) is 18.3 Å². The molecule has 2 saturated carbocycles. The highest BCUT2D eigenvalue weighted by atomic mass is 32.1. The molecule has 1 heterocycles. The maximum atomic E-state index is 12.3. The number of carbonyl (C=O) groups excluding carboxylic acids is 1. The van der Waals surface area contributed by atoms with Gasteiger partial charge < -0.3 is 10.4 Å². The van der Waals surface area contributed by atoms with Crippen LogP contribution in [-0.2, 0) is 9.59 Å². The van der Waals surface area contributed by atoms with E-state index in [2.05, 4.69) is 15.5 Å². The van der Waals surface area contributed by atoms with Gasteiger partial charge in [0.15, 0.2) is 0 Å². The molecule has 0 radical (unpaired) electrons. The molecule has 3 rings (SSSR count). The third kappa shape index (κ3) is 2.74. The maximum Gasteiger partial charge on any atom is 0.307 e. The van der Waals surface area contributed by atoms with Crippen molar-refractivity contribution in [3.8, 4) is 0 Å². The smallest absolute Gasteiger partial charge is 0.307 e. The van der Waals surface area contributed by atoms with Crippen molar-refractivity contribution in [3.05, 3.63) is 5.01 Å². The minimum absolute atomic E-state index is 0.260. The van der Waals surface area contributed by atoms with Crippen LogP contribution in [0.5, 0.6) is 0 Å². The van der Waals surface area contributed by atoms with Crippen LogP contribution < -0.4 is 5.32 Å². The molecule has 0 unspecified atom stereocenters. The standard InChI is InChI=1S/C15H21N3O3S/c1-15(2)9(10(15)13(20)21)11(19)16-14-18-17-12(22-14)8-6-4-3-5-7-8/h8-10H,3-7H2,1-2H3,(H,20,21)(H,16,18,19)/t9-,10-/m0/s1. The highest BCUT2D eigenvalue weighted by Crippen LogP contribution is 2.58. The van der Waals surface area contributed by atoms with Gasteiger partial charge in [0, 0.05) is 5.92 Å². The molecule has 6 nitrogen and oxygen atoms in total. The summed E-state index contributed by atoms with van der Waals surface area (Å²) in [5.74, 6) is -1.82. The summed E-state index contributed by atoms with van der Waals surface area (Å²) in [7, 11) is 0. The predicted octanol–water partition coefficient (Wildman–Crippen LogP) is 2.88. The van der Waals surface area contributed by atoms with Crippen LogP contribution in [0.2, 0.25) is 0 Å². The number of carboxylic acids is 1. The molecular weight excluding hydrogens is 302 g/mol. The van der Waals surface area contributed by atoms with Crippen LogP contribution in [0, 0.1) is 17.3 Å². The van der Waals surface area contributed by atoms with Gasteiger partial charge in [0.1, 0.15) is 5.01 Å². The first-order valence-corrected chi connectivity index (χ1v) is 8.60. The van der Waals surface area contributed by atoms with E-state index in [9.17, 15) is 9.59 Å². The summed E-state index contributed by atoms with van der Waals surface area (Å²) in [5.41, 5.74) is -0.493. The molecule has 1 aromatic heterocycles. The Balaban J connectivity index is 1.63. The van der Waals surface area contributed by atoms with Crippen LogP contribution in [-0.4, -0.2) is 27.2 Å². The van der Waals surface area contributed by atoms with Crippen molar-refractivity contribution >= 4 is 28.3 Å². The molecule has 2 aliphatic rings. The number of anilines is 1. The number of carboxylic acid groups (broad SMARTS) is 1. The van der Waals surface area contributed by atoms with E-state index >= 15 is 0 Å². The molecule has 0 bridgehead atoms. The van der Waals surface area contributed by atoms with Gasteiger partial charge in [0.25, 0.3) is 0 Å². The minimum atomic E-state index is -0.912. The van der Waals surface area contributed by atoms with E-state index in [4.69, 9.17) is 5.11 Å². The molecule has 1 amide bonds. The fraction of sp³-hybridized carbons (Fsp3) is 0.733. The highest BCUT2D eigenvalue weighted by Gasteiger charge is 2.66. The summed E-state index contributed by atoms with van der Waals surface area (Å²) < 4.78 is 0. The number of carbonyl (C=O) groups is 2. The van der Waals surface area contributed by atoms with E-state index in [-0.39, 0.29) is 5.91 Å².